The monoisotopic (exact) mass is 686 g/mol. The molecule has 1 aliphatic rings. The van der Waals surface area contributed by atoms with Crippen LogP contribution in [0.5, 0.6) is 0 Å². The van der Waals surface area contributed by atoms with Crippen LogP contribution >= 0.6 is 0 Å². The number of hydrogen-bond donors (Lipinski definition) is 3. The lowest BCUT2D eigenvalue weighted by Gasteiger charge is -2.49. The average Bonchev–Trinajstić information content (AvgIpc) is 3.11. The fourth-order valence-electron chi connectivity index (χ4n) is 6.22. The molecule has 0 fully saturated rings. The Balaban J connectivity index is 1.51. The zero-order valence-electron chi connectivity index (χ0n) is 28.2. The SMILES string of the molecule is CN(C)c1ccc(C2(c3ccc(N(C)C)cc3)c3ccc(NC(=O)Nc4ccc([N+](=O)[O-])cc4)cc3NC(=O)N2c2ccc([N+](=O)[O-])cc2)cc1. The maximum absolute atomic E-state index is 14.5. The Morgan fingerprint density at radius 2 is 1.12 bits per heavy atom. The number of nitro benzene ring substituents is 2. The van der Waals surface area contributed by atoms with Gasteiger partial charge in [-0.05, 0) is 71.8 Å². The Morgan fingerprint density at radius 3 is 1.59 bits per heavy atom. The van der Waals surface area contributed by atoms with Gasteiger partial charge in [-0.15, -0.1) is 0 Å². The molecular weight excluding hydrogens is 652 g/mol. The molecule has 258 valence electrons. The molecule has 1 aliphatic heterocycles. The first-order chi connectivity index (χ1) is 24.4. The smallest absolute Gasteiger partial charge is 0.327 e. The largest absolute Gasteiger partial charge is 0.378 e. The van der Waals surface area contributed by atoms with Gasteiger partial charge in [-0.1, -0.05) is 30.3 Å². The molecular formula is C37H34N8O6. The lowest BCUT2D eigenvalue weighted by molar-refractivity contribution is -0.385. The van der Waals surface area contributed by atoms with Crippen molar-refractivity contribution in [1.29, 1.82) is 0 Å². The zero-order chi connectivity index (χ0) is 36.4. The Kier molecular flexibility index (Phi) is 8.99. The van der Waals surface area contributed by atoms with Crippen LogP contribution in [0.4, 0.5) is 55.1 Å². The minimum atomic E-state index is -1.29. The van der Waals surface area contributed by atoms with Gasteiger partial charge in [-0.25, -0.2) is 9.59 Å². The van der Waals surface area contributed by atoms with Crippen LogP contribution in [-0.4, -0.2) is 50.1 Å². The summed E-state index contributed by atoms with van der Waals surface area (Å²) < 4.78 is 0. The normalized spacial score (nSPS) is 13.0. The van der Waals surface area contributed by atoms with Crippen LogP contribution in [0.15, 0.2) is 115 Å². The number of hydrogen-bond acceptors (Lipinski definition) is 8. The number of urea groups is 2. The maximum Gasteiger partial charge on any atom is 0.327 e. The highest BCUT2D eigenvalue weighted by Gasteiger charge is 2.50. The second-order valence-corrected chi connectivity index (χ2v) is 12.3. The number of nitro groups is 2. The van der Waals surface area contributed by atoms with Crippen molar-refractivity contribution in [3.63, 3.8) is 0 Å². The van der Waals surface area contributed by atoms with E-state index < -0.39 is 27.4 Å². The van der Waals surface area contributed by atoms with E-state index in [-0.39, 0.29) is 11.4 Å². The minimum absolute atomic E-state index is 0.106. The second kappa shape index (κ2) is 13.5. The molecule has 14 heteroatoms. The zero-order valence-corrected chi connectivity index (χ0v) is 28.2. The number of benzene rings is 5. The van der Waals surface area contributed by atoms with E-state index in [0.29, 0.717) is 28.3 Å². The Hall–Kier alpha value is -6.96. The van der Waals surface area contributed by atoms with Crippen LogP contribution in [0, 0.1) is 20.2 Å². The average molecular weight is 687 g/mol. The standard InChI is InChI=1S/C37H34N8O6/c1-41(2)28-12-5-24(6-13-28)37(25-7-14-29(15-8-25)42(3)4)33-22-11-27(39-35(46)38-26-9-16-31(17-10-26)44(48)49)23-34(33)40-36(47)43(37)30-18-20-32(21-19-30)45(50)51/h5-23H,1-4H3,(H,40,47)(H2,38,39,46). The van der Waals surface area contributed by atoms with E-state index in [0.717, 1.165) is 22.5 Å². The number of anilines is 6. The third kappa shape index (κ3) is 6.45. The van der Waals surface area contributed by atoms with E-state index in [9.17, 15) is 29.8 Å². The van der Waals surface area contributed by atoms with Gasteiger partial charge in [0, 0.05) is 86.5 Å². The summed E-state index contributed by atoms with van der Waals surface area (Å²) in [4.78, 5) is 54.5. The van der Waals surface area contributed by atoms with Crippen molar-refractivity contribution in [3.8, 4) is 0 Å². The van der Waals surface area contributed by atoms with E-state index in [2.05, 4.69) is 16.0 Å². The van der Waals surface area contributed by atoms with E-state index in [4.69, 9.17) is 0 Å². The topological polar surface area (TPSA) is 166 Å². The first-order valence-electron chi connectivity index (χ1n) is 15.8. The van der Waals surface area contributed by atoms with Gasteiger partial charge in [-0.3, -0.25) is 25.1 Å². The number of nitrogens with zero attached hydrogens (tertiary/aromatic N) is 5. The van der Waals surface area contributed by atoms with Gasteiger partial charge >= 0.3 is 12.1 Å². The first kappa shape index (κ1) is 33.9. The van der Waals surface area contributed by atoms with Gasteiger partial charge < -0.3 is 25.8 Å². The Bertz CT molecular complexity index is 2070. The second-order valence-electron chi connectivity index (χ2n) is 12.3. The van der Waals surface area contributed by atoms with Crippen molar-refractivity contribution in [2.75, 3.05) is 58.8 Å². The van der Waals surface area contributed by atoms with Gasteiger partial charge in [0.25, 0.3) is 11.4 Å². The van der Waals surface area contributed by atoms with E-state index in [1.807, 2.05) is 92.6 Å². The van der Waals surface area contributed by atoms with Gasteiger partial charge in [0.2, 0.25) is 0 Å². The van der Waals surface area contributed by atoms with Gasteiger partial charge in [0.1, 0.15) is 5.54 Å². The molecule has 0 bridgehead atoms. The number of nitrogens with one attached hydrogen (secondary N) is 3. The van der Waals surface area contributed by atoms with Crippen LogP contribution in [0.2, 0.25) is 0 Å². The molecule has 0 spiro atoms. The highest BCUT2D eigenvalue weighted by Crippen LogP contribution is 2.51. The summed E-state index contributed by atoms with van der Waals surface area (Å²) in [6, 6.07) is 31.1. The fourth-order valence-corrected chi connectivity index (χ4v) is 6.22. The molecule has 0 atom stereocenters. The van der Waals surface area contributed by atoms with E-state index in [1.165, 1.54) is 36.4 Å². The number of non-ortho nitro benzene ring substituents is 2. The predicted octanol–water partition coefficient (Wildman–Crippen LogP) is 7.62. The number of rotatable bonds is 9. The lowest BCUT2D eigenvalue weighted by Crippen LogP contribution is -2.56. The molecule has 5 aromatic rings. The molecule has 1 heterocycles. The summed E-state index contributed by atoms with van der Waals surface area (Å²) in [6.07, 6.45) is 0. The maximum atomic E-state index is 14.5. The summed E-state index contributed by atoms with van der Waals surface area (Å²) in [5.74, 6) is 0. The molecule has 0 aliphatic carbocycles. The molecule has 14 nitrogen and oxygen atoms in total. The quantitative estimate of drug-likeness (QED) is 0.105. The summed E-state index contributed by atoms with van der Waals surface area (Å²) in [7, 11) is 7.74. The number of amides is 4. The third-order valence-electron chi connectivity index (χ3n) is 8.71. The number of carbonyl (C=O) groups excluding carboxylic acids is 2. The lowest BCUT2D eigenvalue weighted by atomic mass is 9.73. The third-order valence-corrected chi connectivity index (χ3v) is 8.71. The van der Waals surface area contributed by atoms with Crippen molar-refractivity contribution in [3.05, 3.63) is 152 Å². The Morgan fingerprint density at radius 1 is 0.667 bits per heavy atom. The first-order valence-corrected chi connectivity index (χ1v) is 15.8. The van der Waals surface area contributed by atoms with Crippen LogP contribution in [-0.2, 0) is 5.54 Å². The molecule has 3 N–H and O–H groups in total. The van der Waals surface area contributed by atoms with Crippen LogP contribution < -0.4 is 30.7 Å². The summed E-state index contributed by atoms with van der Waals surface area (Å²) in [5, 5.41) is 31.0. The highest BCUT2D eigenvalue weighted by molar-refractivity contribution is 6.09. The summed E-state index contributed by atoms with van der Waals surface area (Å²) >= 11 is 0. The van der Waals surface area contributed by atoms with Crippen molar-refractivity contribution in [2.45, 2.75) is 5.54 Å². The van der Waals surface area contributed by atoms with Crippen molar-refractivity contribution in [1.82, 2.24) is 0 Å². The van der Waals surface area contributed by atoms with Gasteiger partial charge in [0.05, 0.1) is 15.5 Å². The fraction of sp³-hybridized carbons (Fsp3) is 0.135. The van der Waals surface area contributed by atoms with Crippen molar-refractivity contribution in [2.24, 2.45) is 0 Å². The van der Waals surface area contributed by atoms with Crippen molar-refractivity contribution >= 4 is 57.6 Å². The van der Waals surface area contributed by atoms with Crippen molar-refractivity contribution < 1.29 is 19.4 Å². The molecule has 51 heavy (non-hydrogen) atoms. The minimum Gasteiger partial charge on any atom is -0.378 e. The molecule has 0 saturated heterocycles. The summed E-state index contributed by atoms with van der Waals surface area (Å²) in [5.41, 5.74) is 4.12. The predicted molar refractivity (Wildman–Crippen MR) is 198 cm³/mol. The molecule has 6 rings (SSSR count). The molecule has 0 saturated carbocycles. The molecule has 0 radical (unpaired) electrons. The van der Waals surface area contributed by atoms with Crippen LogP contribution in [0.1, 0.15) is 16.7 Å². The van der Waals surface area contributed by atoms with Crippen LogP contribution in [0.25, 0.3) is 0 Å². The number of fused-ring (bicyclic) bond motifs is 1. The molecule has 5 aromatic carbocycles. The van der Waals surface area contributed by atoms with Gasteiger partial charge in [-0.2, -0.15) is 0 Å². The molecule has 0 aromatic heterocycles. The summed E-state index contributed by atoms with van der Waals surface area (Å²) in [6.45, 7) is 0. The van der Waals surface area contributed by atoms with Gasteiger partial charge in [0.15, 0.2) is 0 Å². The highest BCUT2D eigenvalue weighted by atomic mass is 16.6. The Labute approximate surface area is 293 Å². The van der Waals surface area contributed by atoms with Crippen LogP contribution in [0.3, 0.4) is 0 Å². The van der Waals surface area contributed by atoms with E-state index >= 15 is 0 Å². The molecule has 4 amide bonds. The number of carbonyl (C=O) groups is 2. The molecule has 0 unspecified atom stereocenters. The van der Waals surface area contributed by atoms with E-state index in [1.54, 1.807) is 29.2 Å².